The summed E-state index contributed by atoms with van der Waals surface area (Å²) in [5, 5.41) is -0.486. The van der Waals surface area contributed by atoms with Crippen LogP contribution in [0.4, 0.5) is 0 Å². The highest BCUT2D eigenvalue weighted by Gasteiger charge is 2.53. The van der Waals surface area contributed by atoms with E-state index in [4.69, 9.17) is 28.4 Å². The molecule has 1 heterocycles. The molecule has 1 aliphatic heterocycles. The standard InChI is InChI=1S/C23H28O11S/c1-12(24)30-11-17-19(31-13(2)25)20(32-14(3)26)21(33-15(4)27)23(34-17)35-22(28)18(29-5)16-9-7-6-8-10-16/h6-10,17-21,23H,11H2,1-5H3/t17-,18+,19-,20+,21-,23+/m1/s1. The van der Waals surface area contributed by atoms with Crippen molar-refractivity contribution in [2.24, 2.45) is 0 Å². The molecular weight excluding hydrogens is 484 g/mol. The molecule has 11 nitrogen and oxygen atoms in total. The number of carbonyl (C=O) groups excluding carboxylic acids is 5. The van der Waals surface area contributed by atoms with E-state index in [-0.39, 0.29) is 6.61 Å². The van der Waals surface area contributed by atoms with Crippen LogP contribution in [0.15, 0.2) is 30.3 Å². The summed E-state index contributed by atoms with van der Waals surface area (Å²) in [4.78, 5) is 60.2. The van der Waals surface area contributed by atoms with Gasteiger partial charge in [0.2, 0.25) is 5.12 Å². The highest BCUT2D eigenvalue weighted by Crippen LogP contribution is 2.37. The van der Waals surface area contributed by atoms with Crippen LogP contribution in [-0.2, 0) is 52.4 Å². The smallest absolute Gasteiger partial charge is 0.303 e. The molecule has 0 saturated carbocycles. The summed E-state index contributed by atoms with van der Waals surface area (Å²) in [6.45, 7) is 4.17. The summed E-state index contributed by atoms with van der Waals surface area (Å²) in [5.74, 6) is -2.88. The van der Waals surface area contributed by atoms with Crippen molar-refractivity contribution >= 4 is 40.8 Å². The fourth-order valence-corrected chi connectivity index (χ4v) is 4.58. The molecule has 0 spiro atoms. The summed E-state index contributed by atoms with van der Waals surface area (Å²) in [6.07, 6.45) is -6.09. The maximum absolute atomic E-state index is 13.2. The Bertz CT molecular complexity index is 919. The van der Waals surface area contributed by atoms with Gasteiger partial charge in [-0.15, -0.1) is 0 Å². The first-order valence-electron chi connectivity index (χ1n) is 10.6. The van der Waals surface area contributed by atoms with Gasteiger partial charge in [-0.2, -0.15) is 0 Å². The molecule has 1 fully saturated rings. The minimum atomic E-state index is -1.35. The Morgan fingerprint density at radius 3 is 1.89 bits per heavy atom. The summed E-state index contributed by atoms with van der Waals surface area (Å²) in [5.41, 5.74) is -0.636. The van der Waals surface area contributed by atoms with Crippen LogP contribution >= 0.6 is 11.8 Å². The molecule has 192 valence electrons. The lowest BCUT2D eigenvalue weighted by Crippen LogP contribution is -2.61. The van der Waals surface area contributed by atoms with Crippen LogP contribution in [0.1, 0.15) is 39.4 Å². The summed E-state index contributed by atoms with van der Waals surface area (Å²) in [6, 6.07) is 8.69. The number of hydrogen-bond acceptors (Lipinski definition) is 12. The third kappa shape index (κ3) is 8.34. The molecule has 2 rings (SSSR count). The van der Waals surface area contributed by atoms with Crippen LogP contribution in [-0.4, -0.2) is 72.6 Å². The van der Waals surface area contributed by atoms with Gasteiger partial charge >= 0.3 is 23.9 Å². The quantitative estimate of drug-likeness (QED) is 0.351. The lowest BCUT2D eigenvalue weighted by Gasteiger charge is -2.44. The Balaban J connectivity index is 2.43. The number of methoxy groups -OCH3 is 1. The molecule has 6 atom stereocenters. The highest BCUT2D eigenvalue weighted by molar-refractivity contribution is 8.14. The molecule has 0 aliphatic carbocycles. The van der Waals surface area contributed by atoms with E-state index in [9.17, 15) is 24.0 Å². The van der Waals surface area contributed by atoms with Gasteiger partial charge < -0.3 is 28.4 Å². The average Bonchev–Trinajstić information content (AvgIpc) is 2.77. The van der Waals surface area contributed by atoms with Gasteiger partial charge in [0.25, 0.3) is 0 Å². The Morgan fingerprint density at radius 2 is 1.37 bits per heavy atom. The second-order valence-corrected chi connectivity index (χ2v) is 8.63. The molecule has 1 aromatic carbocycles. The number of esters is 4. The third-order valence-electron chi connectivity index (χ3n) is 4.73. The Kier molecular flexibility index (Phi) is 10.7. The first-order chi connectivity index (χ1) is 16.5. The predicted octanol–water partition coefficient (Wildman–Crippen LogP) is 1.72. The van der Waals surface area contributed by atoms with Crippen molar-refractivity contribution in [3.63, 3.8) is 0 Å². The van der Waals surface area contributed by atoms with E-state index in [1.54, 1.807) is 30.3 Å². The average molecular weight is 513 g/mol. The van der Waals surface area contributed by atoms with Gasteiger partial charge in [-0.25, -0.2) is 0 Å². The normalized spacial score (nSPS) is 24.5. The molecule has 0 unspecified atom stereocenters. The second kappa shape index (κ2) is 13.2. The minimum Gasteiger partial charge on any atom is -0.463 e. The Labute approximate surface area is 206 Å². The van der Waals surface area contributed by atoms with Crippen LogP contribution in [0.3, 0.4) is 0 Å². The molecule has 0 aromatic heterocycles. The summed E-state index contributed by atoms with van der Waals surface area (Å²) >= 11 is 0.652. The lowest BCUT2D eigenvalue weighted by molar-refractivity contribution is -0.237. The van der Waals surface area contributed by atoms with Crippen LogP contribution < -0.4 is 0 Å². The van der Waals surface area contributed by atoms with Gasteiger partial charge in [0, 0.05) is 34.8 Å². The van der Waals surface area contributed by atoms with E-state index in [2.05, 4.69) is 0 Å². The van der Waals surface area contributed by atoms with Crippen molar-refractivity contribution in [1.29, 1.82) is 0 Å². The Morgan fingerprint density at radius 1 is 0.829 bits per heavy atom. The van der Waals surface area contributed by atoms with Gasteiger partial charge in [-0.3, -0.25) is 24.0 Å². The summed E-state index contributed by atoms with van der Waals surface area (Å²) in [7, 11) is 1.36. The van der Waals surface area contributed by atoms with Gasteiger partial charge in [0.1, 0.15) is 12.7 Å². The zero-order valence-corrected chi connectivity index (χ0v) is 20.8. The molecule has 0 N–H and O–H groups in total. The largest absolute Gasteiger partial charge is 0.463 e. The zero-order valence-electron chi connectivity index (χ0n) is 20.0. The fourth-order valence-electron chi connectivity index (χ4n) is 3.46. The maximum Gasteiger partial charge on any atom is 0.303 e. The van der Waals surface area contributed by atoms with Crippen molar-refractivity contribution in [3.8, 4) is 0 Å². The number of carbonyl (C=O) groups is 5. The number of ether oxygens (including phenoxy) is 6. The predicted molar refractivity (Wildman–Crippen MR) is 121 cm³/mol. The van der Waals surface area contributed by atoms with E-state index in [0.29, 0.717) is 17.3 Å². The molecule has 0 radical (unpaired) electrons. The Hall–Kier alpha value is -2.96. The molecule has 12 heteroatoms. The zero-order chi connectivity index (χ0) is 26.1. The SMILES string of the molecule is CO[C@H](C(=O)S[C@@H]1O[C@H](COC(C)=O)[C@@H](OC(C)=O)[C@H](OC(C)=O)[C@H]1OC(C)=O)c1ccccc1. The third-order valence-corrected chi connectivity index (χ3v) is 5.79. The van der Waals surface area contributed by atoms with Crippen LogP contribution in [0, 0.1) is 0 Å². The first kappa shape index (κ1) is 28.3. The van der Waals surface area contributed by atoms with Gasteiger partial charge in [-0.05, 0) is 17.3 Å². The molecule has 0 amide bonds. The number of thioether (sulfide) groups is 1. The number of benzene rings is 1. The van der Waals surface area contributed by atoms with Gasteiger partial charge in [0.15, 0.2) is 29.9 Å². The van der Waals surface area contributed by atoms with Crippen molar-refractivity contribution in [3.05, 3.63) is 35.9 Å². The van der Waals surface area contributed by atoms with E-state index < -0.39 is 64.9 Å². The van der Waals surface area contributed by atoms with Crippen molar-refractivity contribution in [1.82, 2.24) is 0 Å². The lowest BCUT2D eigenvalue weighted by atomic mass is 9.99. The van der Waals surface area contributed by atoms with E-state index in [0.717, 1.165) is 20.8 Å². The second-order valence-electron chi connectivity index (χ2n) is 7.53. The van der Waals surface area contributed by atoms with Crippen LogP contribution in [0.2, 0.25) is 0 Å². The van der Waals surface area contributed by atoms with E-state index in [1.165, 1.54) is 14.0 Å². The molecule has 1 aliphatic rings. The number of rotatable bonds is 9. The van der Waals surface area contributed by atoms with Gasteiger partial charge in [-0.1, -0.05) is 30.3 Å². The van der Waals surface area contributed by atoms with E-state index >= 15 is 0 Å². The maximum atomic E-state index is 13.2. The van der Waals surface area contributed by atoms with E-state index in [1.807, 2.05) is 0 Å². The minimum absolute atomic E-state index is 0.379. The van der Waals surface area contributed by atoms with Crippen molar-refractivity contribution in [2.45, 2.75) is 63.7 Å². The number of hydrogen-bond donors (Lipinski definition) is 0. The monoisotopic (exact) mass is 512 g/mol. The van der Waals surface area contributed by atoms with Crippen LogP contribution in [0.5, 0.6) is 0 Å². The molecule has 1 saturated heterocycles. The highest BCUT2D eigenvalue weighted by atomic mass is 32.2. The molecular formula is C23H28O11S. The van der Waals surface area contributed by atoms with Crippen molar-refractivity contribution in [2.75, 3.05) is 13.7 Å². The van der Waals surface area contributed by atoms with Crippen LogP contribution in [0.25, 0.3) is 0 Å². The first-order valence-corrected chi connectivity index (χ1v) is 11.5. The fraction of sp³-hybridized carbons (Fsp3) is 0.522. The molecule has 35 heavy (non-hydrogen) atoms. The van der Waals surface area contributed by atoms with Crippen molar-refractivity contribution < 1.29 is 52.4 Å². The van der Waals surface area contributed by atoms with Gasteiger partial charge in [0.05, 0.1) is 0 Å². The molecule has 1 aromatic rings. The summed E-state index contributed by atoms with van der Waals surface area (Å²) < 4.78 is 32.4. The topological polar surface area (TPSA) is 141 Å². The molecule has 0 bridgehead atoms.